The summed E-state index contributed by atoms with van der Waals surface area (Å²) in [5, 5.41) is 12.2. The summed E-state index contributed by atoms with van der Waals surface area (Å²) in [6, 6.07) is 21.7. The van der Waals surface area contributed by atoms with E-state index < -0.39 is 29.7 Å². The van der Waals surface area contributed by atoms with Gasteiger partial charge in [-0.05, 0) is 91.8 Å². The lowest BCUT2D eigenvalue weighted by molar-refractivity contribution is -0.136. The highest BCUT2D eigenvalue weighted by molar-refractivity contribution is 6.30. The summed E-state index contributed by atoms with van der Waals surface area (Å²) in [5.74, 6) is -0.612. The Morgan fingerprint density at radius 2 is 1.57 bits per heavy atom. The van der Waals surface area contributed by atoms with E-state index in [1.165, 1.54) is 0 Å². The molecule has 1 unspecified atom stereocenters. The van der Waals surface area contributed by atoms with Gasteiger partial charge >= 0.3 is 0 Å². The molecule has 4 amide bonds. The van der Waals surface area contributed by atoms with Gasteiger partial charge in [-0.2, -0.15) is 5.26 Å². The topological polar surface area (TPSA) is 158 Å². The summed E-state index contributed by atoms with van der Waals surface area (Å²) in [6.07, 6.45) is 5.40. The lowest BCUT2D eigenvalue weighted by Gasteiger charge is -2.38. The molecule has 14 heteroatoms. The quantitative estimate of drug-likeness (QED) is 0.189. The van der Waals surface area contributed by atoms with E-state index in [0.717, 1.165) is 66.2 Å². The van der Waals surface area contributed by atoms with E-state index in [4.69, 9.17) is 26.1 Å². The van der Waals surface area contributed by atoms with Gasteiger partial charge in [0.2, 0.25) is 17.8 Å². The van der Waals surface area contributed by atoms with Gasteiger partial charge in [-0.1, -0.05) is 43.6 Å². The number of benzene rings is 3. The van der Waals surface area contributed by atoms with Gasteiger partial charge in [-0.25, -0.2) is 9.97 Å². The van der Waals surface area contributed by atoms with Crippen molar-refractivity contribution in [1.82, 2.24) is 20.2 Å². The van der Waals surface area contributed by atoms with Crippen LogP contribution in [0.2, 0.25) is 5.02 Å². The van der Waals surface area contributed by atoms with Crippen LogP contribution in [0.5, 0.6) is 5.75 Å². The van der Waals surface area contributed by atoms with E-state index in [-0.39, 0.29) is 36.0 Å². The normalized spacial score (nSPS) is 19.3. The second-order valence-electron chi connectivity index (χ2n) is 15.8. The van der Waals surface area contributed by atoms with Gasteiger partial charge in [-0.15, -0.1) is 0 Å². The Morgan fingerprint density at radius 1 is 0.862 bits per heavy atom. The minimum absolute atomic E-state index is 0.0759. The second-order valence-corrected chi connectivity index (χ2v) is 16.2. The van der Waals surface area contributed by atoms with Crippen LogP contribution in [0.3, 0.4) is 0 Å². The van der Waals surface area contributed by atoms with E-state index in [1.54, 1.807) is 24.4 Å². The van der Waals surface area contributed by atoms with Crippen molar-refractivity contribution >= 4 is 46.9 Å². The largest absolute Gasteiger partial charge is 0.487 e. The lowest BCUT2D eigenvalue weighted by Crippen LogP contribution is -2.54. The van der Waals surface area contributed by atoms with Gasteiger partial charge in [0.1, 0.15) is 18.4 Å². The molecule has 1 atom stereocenters. The fourth-order valence-corrected chi connectivity index (χ4v) is 8.62. The van der Waals surface area contributed by atoms with E-state index in [9.17, 15) is 24.4 Å². The molecule has 0 bridgehead atoms. The molecular formula is C44H44ClN7O6. The van der Waals surface area contributed by atoms with E-state index in [2.05, 4.69) is 40.0 Å². The summed E-state index contributed by atoms with van der Waals surface area (Å²) < 4.78 is 12.7. The third-order valence-electron chi connectivity index (χ3n) is 11.8. The molecule has 0 aliphatic carbocycles. The molecule has 1 N–H and O–H groups in total. The summed E-state index contributed by atoms with van der Waals surface area (Å²) >= 11 is 6.29. The van der Waals surface area contributed by atoms with E-state index in [1.807, 2.05) is 48.5 Å². The Bertz CT molecular complexity index is 2290. The maximum Gasteiger partial charge on any atom is 0.264 e. The lowest BCUT2D eigenvalue weighted by atomic mass is 9.78. The number of carbonyl (C=O) groups is 4. The predicted molar refractivity (Wildman–Crippen MR) is 216 cm³/mol. The maximum atomic E-state index is 13.6. The number of anilines is 2. The highest BCUT2D eigenvalue weighted by Crippen LogP contribution is 2.37. The first-order chi connectivity index (χ1) is 28.0. The number of halogens is 1. The monoisotopic (exact) mass is 801 g/mol. The molecule has 4 aromatic rings. The SMILES string of the molecule is CC(C)(c1ccc(OCc2ccnc(N3CCC(OC4CCN(c5cccc6c5C(=O)N(C5CCC(=O)NC5=O)C6=O)CC4)CC3)n2)cc1)c1cc(Cl)cc(C#N)c1. The number of imide groups is 2. The Labute approximate surface area is 341 Å². The van der Waals surface area contributed by atoms with Crippen molar-refractivity contribution in [2.45, 2.75) is 82.6 Å². The fraction of sp³-hybridized carbons (Fsp3) is 0.386. The fourth-order valence-electron chi connectivity index (χ4n) is 8.38. The average Bonchev–Trinajstić information content (AvgIpc) is 3.49. The third-order valence-corrected chi connectivity index (χ3v) is 12.0. The molecule has 0 saturated carbocycles. The van der Waals surface area contributed by atoms with Crippen LogP contribution in [0.4, 0.5) is 11.6 Å². The Balaban J connectivity index is 0.810. The Kier molecular flexibility index (Phi) is 10.9. The summed E-state index contributed by atoms with van der Waals surface area (Å²) in [6.45, 7) is 7.37. The number of nitrogens with zero attached hydrogens (tertiary/aromatic N) is 6. The summed E-state index contributed by atoms with van der Waals surface area (Å²) in [7, 11) is 0. The molecule has 0 spiro atoms. The molecule has 4 aliphatic rings. The number of nitrogens with one attached hydrogen (secondary N) is 1. The number of amides is 4. The molecule has 3 saturated heterocycles. The molecule has 13 nitrogen and oxygen atoms in total. The average molecular weight is 802 g/mol. The highest BCUT2D eigenvalue weighted by Gasteiger charge is 2.46. The smallest absolute Gasteiger partial charge is 0.264 e. The van der Waals surface area contributed by atoms with Crippen molar-refractivity contribution in [3.8, 4) is 11.8 Å². The first kappa shape index (κ1) is 39.0. The van der Waals surface area contributed by atoms with Gasteiger partial charge in [0.05, 0.1) is 46.3 Å². The molecule has 5 heterocycles. The van der Waals surface area contributed by atoms with Crippen molar-refractivity contribution in [3.63, 3.8) is 0 Å². The number of rotatable bonds is 10. The molecule has 58 heavy (non-hydrogen) atoms. The van der Waals surface area contributed by atoms with Gasteiger partial charge in [0.25, 0.3) is 11.8 Å². The van der Waals surface area contributed by atoms with Crippen LogP contribution < -0.4 is 19.9 Å². The van der Waals surface area contributed by atoms with Crippen LogP contribution in [0, 0.1) is 11.3 Å². The van der Waals surface area contributed by atoms with Crippen LogP contribution in [0.25, 0.3) is 0 Å². The molecule has 3 fully saturated rings. The molecule has 1 aromatic heterocycles. The van der Waals surface area contributed by atoms with Crippen molar-refractivity contribution in [1.29, 1.82) is 5.26 Å². The van der Waals surface area contributed by atoms with Crippen LogP contribution in [-0.2, 0) is 26.3 Å². The number of aromatic nitrogens is 2. The highest BCUT2D eigenvalue weighted by atomic mass is 35.5. The zero-order valence-corrected chi connectivity index (χ0v) is 33.2. The number of fused-ring (bicyclic) bond motifs is 1. The van der Waals surface area contributed by atoms with E-state index in [0.29, 0.717) is 47.5 Å². The number of ether oxygens (including phenoxy) is 2. The molecule has 298 valence electrons. The second kappa shape index (κ2) is 16.2. The summed E-state index contributed by atoms with van der Waals surface area (Å²) in [5.41, 5.74) is 4.28. The van der Waals surface area contributed by atoms with Crippen LogP contribution in [0.15, 0.2) is 72.9 Å². The van der Waals surface area contributed by atoms with Crippen molar-refractivity contribution in [2.24, 2.45) is 0 Å². The zero-order valence-electron chi connectivity index (χ0n) is 32.4. The zero-order chi connectivity index (χ0) is 40.6. The number of hydrogen-bond donors (Lipinski definition) is 1. The van der Waals surface area contributed by atoms with Crippen molar-refractivity contribution in [2.75, 3.05) is 36.0 Å². The Hall–Kier alpha value is -5.84. The number of piperidine rings is 3. The minimum Gasteiger partial charge on any atom is -0.487 e. The molecule has 8 rings (SSSR count). The van der Waals surface area contributed by atoms with Crippen molar-refractivity contribution < 1.29 is 28.7 Å². The summed E-state index contributed by atoms with van der Waals surface area (Å²) in [4.78, 5) is 65.9. The van der Waals surface area contributed by atoms with E-state index >= 15 is 0 Å². The van der Waals surface area contributed by atoms with Gasteiger partial charge in [0.15, 0.2) is 0 Å². The molecule has 3 aromatic carbocycles. The van der Waals surface area contributed by atoms with Crippen LogP contribution in [0.1, 0.15) is 95.5 Å². The van der Waals surface area contributed by atoms with Gasteiger partial charge < -0.3 is 19.3 Å². The molecule has 0 radical (unpaired) electrons. The number of carbonyl (C=O) groups excluding carboxylic acids is 4. The first-order valence-electron chi connectivity index (χ1n) is 19.7. The Morgan fingerprint density at radius 3 is 2.26 bits per heavy atom. The third kappa shape index (κ3) is 7.86. The minimum atomic E-state index is -0.995. The molecular weight excluding hydrogens is 758 g/mol. The maximum absolute atomic E-state index is 13.6. The van der Waals surface area contributed by atoms with Gasteiger partial charge in [-0.3, -0.25) is 29.4 Å². The standard InChI is InChI=1S/C44H44ClN7O6/c1-44(2,29-22-27(25-46)23-30(45)24-29)28-6-8-32(9-7-28)57-26-31-12-17-47-43(48-31)51-20-15-34(16-21-51)58-33-13-18-50(19-14-33)36-5-3-4-35-39(36)42(56)52(41(35)55)37-10-11-38(53)49-40(37)54/h3-9,12,17,22-24,33-34,37H,10-11,13-16,18-21,26H2,1-2H3,(H,49,53,54). The van der Waals surface area contributed by atoms with Crippen LogP contribution >= 0.6 is 11.6 Å². The first-order valence-corrected chi connectivity index (χ1v) is 20.1. The van der Waals surface area contributed by atoms with Crippen LogP contribution in [-0.4, -0.2) is 82.9 Å². The van der Waals surface area contributed by atoms with Gasteiger partial charge in [0, 0.05) is 49.2 Å². The van der Waals surface area contributed by atoms with Crippen molar-refractivity contribution in [3.05, 3.63) is 111 Å². The number of nitriles is 1. The number of hydrogen-bond acceptors (Lipinski definition) is 11. The predicted octanol–water partition coefficient (Wildman–Crippen LogP) is 5.96. The molecule has 4 aliphatic heterocycles.